The summed E-state index contributed by atoms with van der Waals surface area (Å²) in [5, 5.41) is 9.93. The van der Waals surface area contributed by atoms with Crippen LogP contribution in [0.5, 0.6) is 17.2 Å². The molecule has 2 aromatic heterocycles. The van der Waals surface area contributed by atoms with Gasteiger partial charge in [-0.2, -0.15) is 5.10 Å². The number of aryl methyl sites for hydroxylation is 2. The number of aromatic amines is 1. The molecule has 0 bridgehead atoms. The van der Waals surface area contributed by atoms with Gasteiger partial charge < -0.3 is 18.6 Å². The van der Waals surface area contributed by atoms with E-state index >= 15 is 0 Å². The van der Waals surface area contributed by atoms with E-state index in [0.29, 0.717) is 40.6 Å². The molecule has 0 aliphatic heterocycles. The number of carbonyl (C=O) groups excluding carboxylic acids is 1. The van der Waals surface area contributed by atoms with Gasteiger partial charge in [-0.3, -0.25) is 19.8 Å². The van der Waals surface area contributed by atoms with E-state index < -0.39 is 5.56 Å². The Hall–Kier alpha value is -3.53. The number of nitrogens with one attached hydrogen (secondary N) is 2. The fourth-order valence-electron chi connectivity index (χ4n) is 3.58. The van der Waals surface area contributed by atoms with Crippen molar-refractivity contribution in [2.24, 2.45) is 0 Å². The van der Waals surface area contributed by atoms with Crippen LogP contribution in [0, 0.1) is 13.8 Å². The molecule has 10 heteroatoms. The zero-order chi connectivity index (χ0) is 22.7. The van der Waals surface area contributed by atoms with E-state index in [-0.39, 0.29) is 23.7 Å². The normalized spacial score (nSPS) is 11.1. The molecule has 2 heterocycles. The smallest absolute Gasteiger partial charge is 0.277 e. The molecule has 0 aliphatic carbocycles. The summed E-state index contributed by atoms with van der Waals surface area (Å²) in [6, 6.07) is 3.64. The number of amides is 1. The van der Waals surface area contributed by atoms with Crippen molar-refractivity contribution < 1.29 is 23.4 Å². The standard InChI is InChI=1S/C21H26N4O6/c1-11-16-12(2)31-21(17(16)20(27)24-23-11)22-15(26)10-25(3)9-13-7-8-14(28-4)19(30-6)18(13)29-5/h7-8H,9-10H2,1-6H3,(H,22,26)(H,24,27). The van der Waals surface area contributed by atoms with E-state index in [1.54, 1.807) is 46.1 Å². The van der Waals surface area contributed by atoms with Crippen LogP contribution in [-0.4, -0.2) is 55.9 Å². The molecule has 0 spiro atoms. The Morgan fingerprint density at radius 2 is 1.84 bits per heavy atom. The second kappa shape index (κ2) is 9.09. The highest BCUT2D eigenvalue weighted by Crippen LogP contribution is 2.40. The summed E-state index contributed by atoms with van der Waals surface area (Å²) in [5.41, 5.74) is 1.03. The Morgan fingerprint density at radius 1 is 1.13 bits per heavy atom. The first kappa shape index (κ1) is 22.2. The van der Waals surface area contributed by atoms with Crippen LogP contribution in [0.2, 0.25) is 0 Å². The fourth-order valence-corrected chi connectivity index (χ4v) is 3.58. The van der Waals surface area contributed by atoms with Gasteiger partial charge in [-0.15, -0.1) is 0 Å². The molecular weight excluding hydrogens is 404 g/mol. The zero-order valence-electron chi connectivity index (χ0n) is 18.4. The average molecular weight is 430 g/mol. The van der Waals surface area contributed by atoms with Crippen molar-refractivity contribution in [3.05, 3.63) is 39.5 Å². The Bertz CT molecular complexity index is 1170. The molecule has 0 fully saturated rings. The van der Waals surface area contributed by atoms with Gasteiger partial charge in [0.1, 0.15) is 11.1 Å². The van der Waals surface area contributed by atoms with E-state index in [1.807, 2.05) is 6.07 Å². The first-order chi connectivity index (χ1) is 14.8. The number of hydrogen-bond donors (Lipinski definition) is 2. The summed E-state index contributed by atoms with van der Waals surface area (Å²) >= 11 is 0. The van der Waals surface area contributed by atoms with Gasteiger partial charge in [-0.25, -0.2) is 5.10 Å². The highest BCUT2D eigenvalue weighted by Gasteiger charge is 2.21. The number of rotatable bonds is 8. The number of fused-ring (bicyclic) bond motifs is 1. The van der Waals surface area contributed by atoms with Gasteiger partial charge in [0, 0.05) is 12.1 Å². The molecule has 0 aliphatic rings. The molecule has 31 heavy (non-hydrogen) atoms. The predicted octanol–water partition coefficient (Wildman–Crippen LogP) is 2.23. The maximum Gasteiger partial charge on any atom is 0.277 e. The van der Waals surface area contributed by atoms with Crippen LogP contribution >= 0.6 is 0 Å². The maximum atomic E-state index is 12.6. The highest BCUT2D eigenvalue weighted by molar-refractivity contribution is 6.01. The second-order valence-electron chi connectivity index (χ2n) is 7.09. The van der Waals surface area contributed by atoms with Crippen molar-refractivity contribution in [3.63, 3.8) is 0 Å². The Balaban J connectivity index is 1.76. The summed E-state index contributed by atoms with van der Waals surface area (Å²) in [6.45, 7) is 3.96. The quantitative estimate of drug-likeness (QED) is 0.558. The molecule has 166 valence electrons. The summed E-state index contributed by atoms with van der Waals surface area (Å²) in [6.07, 6.45) is 0. The number of nitrogens with zero attached hydrogens (tertiary/aromatic N) is 2. The third kappa shape index (κ3) is 4.33. The number of carbonyl (C=O) groups is 1. The molecule has 10 nitrogen and oxygen atoms in total. The predicted molar refractivity (Wildman–Crippen MR) is 115 cm³/mol. The molecule has 0 saturated heterocycles. The Kier molecular flexibility index (Phi) is 6.50. The number of anilines is 1. The van der Waals surface area contributed by atoms with E-state index in [4.69, 9.17) is 18.6 Å². The molecule has 2 N–H and O–H groups in total. The molecule has 0 unspecified atom stereocenters. The minimum absolute atomic E-state index is 0.0563. The van der Waals surface area contributed by atoms with Crippen LogP contribution in [0.25, 0.3) is 10.8 Å². The van der Waals surface area contributed by atoms with Crippen LogP contribution in [-0.2, 0) is 11.3 Å². The van der Waals surface area contributed by atoms with Crippen LogP contribution < -0.4 is 25.1 Å². The van der Waals surface area contributed by atoms with Crippen molar-refractivity contribution in [2.75, 3.05) is 40.2 Å². The van der Waals surface area contributed by atoms with Crippen LogP contribution in [0.4, 0.5) is 5.88 Å². The van der Waals surface area contributed by atoms with Gasteiger partial charge in [-0.1, -0.05) is 6.07 Å². The monoisotopic (exact) mass is 430 g/mol. The van der Waals surface area contributed by atoms with Crippen molar-refractivity contribution >= 4 is 22.6 Å². The largest absolute Gasteiger partial charge is 0.493 e. The average Bonchev–Trinajstić information content (AvgIpc) is 3.06. The number of H-pyrrole nitrogens is 1. The van der Waals surface area contributed by atoms with Gasteiger partial charge in [0.2, 0.25) is 17.5 Å². The Morgan fingerprint density at radius 3 is 2.48 bits per heavy atom. The number of ether oxygens (including phenoxy) is 3. The summed E-state index contributed by atoms with van der Waals surface area (Å²) in [7, 11) is 6.43. The number of aromatic nitrogens is 2. The van der Waals surface area contributed by atoms with E-state index in [9.17, 15) is 9.59 Å². The number of hydrogen-bond acceptors (Lipinski definition) is 8. The molecule has 0 atom stereocenters. The minimum Gasteiger partial charge on any atom is -0.493 e. The van der Waals surface area contributed by atoms with Crippen LogP contribution in [0.15, 0.2) is 21.3 Å². The highest BCUT2D eigenvalue weighted by atomic mass is 16.5. The topological polar surface area (TPSA) is 119 Å². The SMILES string of the molecule is COc1ccc(CN(C)CC(=O)Nc2oc(C)c3c(C)n[nH]c(=O)c23)c(OC)c1OC. The van der Waals surface area contributed by atoms with Gasteiger partial charge in [-0.05, 0) is 27.0 Å². The minimum atomic E-state index is -0.420. The van der Waals surface area contributed by atoms with Crippen LogP contribution in [0.1, 0.15) is 17.0 Å². The lowest BCUT2D eigenvalue weighted by atomic mass is 10.1. The third-order valence-electron chi connectivity index (χ3n) is 4.89. The summed E-state index contributed by atoms with van der Waals surface area (Å²) in [4.78, 5) is 26.6. The number of benzene rings is 1. The molecule has 3 rings (SSSR count). The van der Waals surface area contributed by atoms with Crippen molar-refractivity contribution in [3.8, 4) is 17.2 Å². The van der Waals surface area contributed by atoms with Gasteiger partial charge in [0.25, 0.3) is 5.56 Å². The maximum absolute atomic E-state index is 12.6. The van der Waals surface area contributed by atoms with Gasteiger partial charge in [0.05, 0.1) is 39.0 Å². The first-order valence-electron chi connectivity index (χ1n) is 9.55. The summed E-state index contributed by atoms with van der Waals surface area (Å²) in [5.74, 6) is 1.88. The zero-order valence-corrected chi connectivity index (χ0v) is 18.4. The van der Waals surface area contributed by atoms with Crippen molar-refractivity contribution in [1.29, 1.82) is 0 Å². The lowest BCUT2D eigenvalue weighted by Crippen LogP contribution is -2.30. The molecule has 3 aromatic rings. The lowest BCUT2D eigenvalue weighted by molar-refractivity contribution is -0.117. The van der Waals surface area contributed by atoms with Gasteiger partial charge >= 0.3 is 0 Å². The third-order valence-corrected chi connectivity index (χ3v) is 4.89. The van der Waals surface area contributed by atoms with E-state index in [2.05, 4.69) is 15.5 Å². The molecular formula is C21H26N4O6. The molecule has 1 aromatic carbocycles. The first-order valence-corrected chi connectivity index (χ1v) is 9.55. The fraction of sp³-hybridized carbons (Fsp3) is 0.381. The van der Waals surface area contributed by atoms with Crippen molar-refractivity contribution in [1.82, 2.24) is 15.1 Å². The van der Waals surface area contributed by atoms with Gasteiger partial charge in [0.15, 0.2) is 11.5 Å². The van der Waals surface area contributed by atoms with E-state index in [0.717, 1.165) is 5.56 Å². The second-order valence-corrected chi connectivity index (χ2v) is 7.09. The number of furan rings is 1. The van der Waals surface area contributed by atoms with E-state index in [1.165, 1.54) is 7.11 Å². The number of methoxy groups -OCH3 is 3. The van der Waals surface area contributed by atoms with Crippen molar-refractivity contribution in [2.45, 2.75) is 20.4 Å². The lowest BCUT2D eigenvalue weighted by Gasteiger charge is -2.20. The molecule has 0 saturated carbocycles. The Labute approximate surface area is 179 Å². The molecule has 1 amide bonds. The molecule has 0 radical (unpaired) electrons. The van der Waals surface area contributed by atoms with Crippen LogP contribution in [0.3, 0.4) is 0 Å². The summed E-state index contributed by atoms with van der Waals surface area (Å²) < 4.78 is 21.8. The number of likely N-dealkylation sites (N-methyl/N-ethyl adjacent to an activating group) is 1.